The van der Waals surface area contributed by atoms with Gasteiger partial charge in [0.05, 0.1) is 0 Å². The van der Waals surface area contributed by atoms with Gasteiger partial charge in [-0.1, -0.05) is 377 Å². The zero-order valence-electron chi connectivity index (χ0n) is 83.0. The quantitative estimate of drug-likeness (QED) is 0.191. The summed E-state index contributed by atoms with van der Waals surface area (Å²) in [4.78, 5) is 0. The molecule has 654 valence electrons. The van der Waals surface area contributed by atoms with E-state index in [4.69, 9.17) is 0 Å². The molecule has 10 aliphatic rings. The third-order valence-electron chi connectivity index (χ3n) is 32.5. The SMILES string of the molecule is CC(C)C1CCC(C(C)(C)C)CC1.CC(C)C1CCC(C(C)(C)C)CC1.CC(C)C1CCC(C(C)(C)C)CC1.CC(C)C1CCC(C(C)(C)C)CC1.CC(C)C1CCCC1.CC(C)C1CCCCC1.CC(C)C1CCCCCC1.CC1CCC(C(C)C)CC1.CC1CCC(C(C)C)CC1.CC1CCC(C(C)C)CC1. The Balaban J connectivity index is 0.000000608. The molecule has 0 heterocycles. The molecule has 10 fully saturated rings. The van der Waals surface area contributed by atoms with Crippen molar-refractivity contribution in [3.8, 4) is 0 Å². The van der Waals surface area contributed by atoms with E-state index in [1.165, 1.54) is 276 Å². The highest BCUT2D eigenvalue weighted by atomic mass is 14.4. The van der Waals surface area contributed by atoms with Crippen molar-refractivity contribution in [1.29, 1.82) is 0 Å². The van der Waals surface area contributed by atoms with Gasteiger partial charge in [-0.15, -0.1) is 0 Å². The molecule has 109 heavy (non-hydrogen) atoms. The van der Waals surface area contributed by atoms with Crippen LogP contribution >= 0.6 is 0 Å². The third-order valence-corrected chi connectivity index (χ3v) is 32.5. The smallest absolute Gasteiger partial charge is 0.0354 e. The van der Waals surface area contributed by atoms with Crippen molar-refractivity contribution < 1.29 is 0 Å². The van der Waals surface area contributed by atoms with E-state index in [9.17, 15) is 0 Å². The Morgan fingerprint density at radius 2 is 0.239 bits per heavy atom. The lowest BCUT2D eigenvalue weighted by molar-refractivity contribution is 0.132. The van der Waals surface area contributed by atoms with E-state index in [0.29, 0.717) is 21.7 Å². The predicted octanol–water partition coefficient (Wildman–Crippen LogP) is 38.1. The van der Waals surface area contributed by atoms with Gasteiger partial charge in [0, 0.05) is 0 Å². The van der Waals surface area contributed by atoms with Crippen LogP contribution in [0.25, 0.3) is 0 Å². The molecule has 0 spiro atoms. The van der Waals surface area contributed by atoms with E-state index in [1.807, 2.05) is 0 Å². The average molecular weight is 1530 g/mol. The summed E-state index contributed by atoms with van der Waals surface area (Å²) >= 11 is 0. The second-order valence-corrected chi connectivity index (χ2v) is 48.6. The average Bonchev–Trinajstić information content (AvgIpc) is 1.02. The minimum atomic E-state index is 0.544. The Kier molecular flexibility index (Phi) is 55.4. The molecule has 0 amide bonds. The van der Waals surface area contributed by atoms with E-state index in [1.54, 1.807) is 0 Å². The van der Waals surface area contributed by atoms with Crippen molar-refractivity contribution in [3.05, 3.63) is 0 Å². The molecule has 0 radical (unpaired) electrons. The highest BCUT2D eigenvalue weighted by Gasteiger charge is 2.35. The van der Waals surface area contributed by atoms with Crippen molar-refractivity contribution in [1.82, 2.24) is 0 Å². The molecule has 0 saturated heterocycles. The largest absolute Gasteiger partial charge is 0.0625 e. The Morgan fingerprint density at radius 3 is 0.358 bits per heavy atom. The van der Waals surface area contributed by atoms with Crippen LogP contribution in [0.3, 0.4) is 0 Å². The summed E-state index contributed by atoms with van der Waals surface area (Å²) in [6.45, 7) is 83.2. The maximum Gasteiger partial charge on any atom is -0.0354 e. The van der Waals surface area contributed by atoms with Crippen LogP contribution in [0.2, 0.25) is 0 Å². The zero-order chi connectivity index (χ0) is 83.0. The monoisotopic (exact) mass is 1530 g/mol. The first-order valence-corrected chi connectivity index (χ1v) is 50.6. The van der Waals surface area contributed by atoms with Gasteiger partial charge < -0.3 is 0 Å². The van der Waals surface area contributed by atoms with Crippen molar-refractivity contribution in [2.24, 2.45) is 181 Å². The second kappa shape index (κ2) is 56.5. The summed E-state index contributed by atoms with van der Waals surface area (Å²) in [6.07, 6.45) is 63.6. The fraction of sp³-hybridized carbons (Fsp3) is 1.00. The summed E-state index contributed by atoms with van der Waals surface area (Å²) in [6, 6.07) is 0. The molecule has 0 aromatic carbocycles. The molecular weight excluding hydrogens is 1310 g/mol. The number of rotatable bonds is 10. The molecular formula is C109H218. The molecule has 10 rings (SSSR count). The second-order valence-electron chi connectivity index (χ2n) is 48.6. The van der Waals surface area contributed by atoms with E-state index >= 15 is 0 Å². The molecule has 0 heteroatoms. The Labute approximate surface area is 695 Å². The van der Waals surface area contributed by atoms with Gasteiger partial charge in [-0.2, -0.15) is 0 Å². The van der Waals surface area contributed by atoms with Gasteiger partial charge in [-0.05, 0) is 323 Å². The van der Waals surface area contributed by atoms with Gasteiger partial charge in [0.25, 0.3) is 0 Å². The van der Waals surface area contributed by atoms with Crippen LogP contribution in [0.1, 0.15) is 518 Å². The van der Waals surface area contributed by atoms with Crippen molar-refractivity contribution in [3.63, 3.8) is 0 Å². The van der Waals surface area contributed by atoms with Gasteiger partial charge in [-0.3, -0.25) is 0 Å². The minimum absolute atomic E-state index is 0.544. The molecule has 10 saturated carbocycles. The summed E-state index contributed by atoms with van der Waals surface area (Å²) in [5.74, 6) is 26.4. The standard InChI is InChI=1S/4C13H26.4C10H20.C9H18.C8H16/c4*1-10(2)11-6-8-12(9-7-11)13(3,4)5;3*1-8(2)10-6-4-9(3)5-7-10;1-9(2)10-7-5-3-4-6-8-10;1-8(2)9-6-4-3-5-7-9;1-7(2)8-5-3-4-6-8/h4*10-12H,6-9H2,1-5H3;3*8-10H,4-7H2,1-3H3;9-10H,3-8H2,1-2H3;8-9H,3-7H2,1-2H3;7-8H,3-6H2,1-2H3. The summed E-state index contributed by atoms with van der Waals surface area (Å²) < 4.78 is 0. The number of hydrogen-bond acceptors (Lipinski definition) is 0. The third kappa shape index (κ3) is 48.6. The fourth-order valence-electron chi connectivity index (χ4n) is 21.9. The molecule has 0 bridgehead atoms. The van der Waals surface area contributed by atoms with Crippen LogP contribution in [0.4, 0.5) is 0 Å². The van der Waals surface area contributed by atoms with Gasteiger partial charge in [0.15, 0.2) is 0 Å². The summed E-state index contributed by atoms with van der Waals surface area (Å²) in [5.41, 5.74) is 2.17. The Bertz CT molecular complexity index is 1790. The molecule has 0 nitrogen and oxygen atoms in total. The van der Waals surface area contributed by atoms with Crippen LogP contribution in [0.5, 0.6) is 0 Å². The first-order valence-electron chi connectivity index (χ1n) is 50.6. The molecule has 0 atom stereocenters. The Hall–Kier alpha value is 0. The normalized spacial score (nSPS) is 30.0. The van der Waals surface area contributed by atoms with Gasteiger partial charge in [0.1, 0.15) is 0 Å². The van der Waals surface area contributed by atoms with Crippen LogP contribution in [0.15, 0.2) is 0 Å². The minimum Gasteiger partial charge on any atom is -0.0625 e. The van der Waals surface area contributed by atoms with Gasteiger partial charge >= 0.3 is 0 Å². The van der Waals surface area contributed by atoms with E-state index in [0.717, 1.165) is 160 Å². The van der Waals surface area contributed by atoms with E-state index < -0.39 is 0 Å². The fourth-order valence-corrected chi connectivity index (χ4v) is 21.9. The maximum absolute atomic E-state index is 2.40. The van der Waals surface area contributed by atoms with Crippen LogP contribution in [-0.2, 0) is 0 Å². The predicted molar refractivity (Wildman–Crippen MR) is 501 cm³/mol. The van der Waals surface area contributed by atoms with Crippen molar-refractivity contribution in [2.75, 3.05) is 0 Å². The molecule has 0 aromatic heterocycles. The lowest BCUT2D eigenvalue weighted by atomic mass is 9.68. The van der Waals surface area contributed by atoms with Crippen LogP contribution in [0, 0.1) is 181 Å². The summed E-state index contributed by atoms with van der Waals surface area (Å²) in [5, 5.41) is 0. The molecule has 0 aliphatic heterocycles. The lowest BCUT2D eigenvalue weighted by Crippen LogP contribution is -2.27. The molecule has 0 aromatic rings. The number of hydrogen-bond donors (Lipinski definition) is 0. The zero-order valence-corrected chi connectivity index (χ0v) is 83.0. The highest BCUT2D eigenvalue weighted by Crippen LogP contribution is 2.46. The van der Waals surface area contributed by atoms with E-state index in [-0.39, 0.29) is 0 Å². The van der Waals surface area contributed by atoms with Crippen LogP contribution < -0.4 is 0 Å². The first-order chi connectivity index (χ1) is 50.6. The highest BCUT2D eigenvalue weighted by molar-refractivity contribution is 4.86. The van der Waals surface area contributed by atoms with Gasteiger partial charge in [-0.25, -0.2) is 0 Å². The van der Waals surface area contributed by atoms with Gasteiger partial charge in [0.2, 0.25) is 0 Å². The topological polar surface area (TPSA) is 0 Å². The van der Waals surface area contributed by atoms with Crippen molar-refractivity contribution in [2.45, 2.75) is 518 Å². The maximum atomic E-state index is 2.40. The molecule has 0 unspecified atom stereocenters. The van der Waals surface area contributed by atoms with Crippen molar-refractivity contribution >= 4 is 0 Å². The first kappa shape index (κ1) is 107. The van der Waals surface area contributed by atoms with E-state index in [2.05, 4.69) is 242 Å². The molecule has 10 aliphatic carbocycles. The summed E-state index contributed by atoms with van der Waals surface area (Å²) in [7, 11) is 0. The van der Waals surface area contributed by atoms with Crippen LogP contribution in [-0.4, -0.2) is 0 Å². The lowest BCUT2D eigenvalue weighted by Gasteiger charge is -2.38. The Morgan fingerprint density at radius 1 is 0.138 bits per heavy atom. The molecule has 0 N–H and O–H groups in total.